The zero-order valence-corrected chi connectivity index (χ0v) is 23.3. The van der Waals surface area contributed by atoms with E-state index >= 15 is 0 Å². The van der Waals surface area contributed by atoms with Crippen LogP contribution in [0.3, 0.4) is 0 Å². The smallest absolute Gasteiger partial charge is 0.259 e. The number of phenols is 1. The van der Waals surface area contributed by atoms with Gasteiger partial charge in [0.1, 0.15) is 5.75 Å². The molecule has 3 N–H and O–H groups in total. The summed E-state index contributed by atoms with van der Waals surface area (Å²) in [6, 6.07) is 20.1. The van der Waals surface area contributed by atoms with Gasteiger partial charge in [-0.3, -0.25) is 14.9 Å². The van der Waals surface area contributed by atoms with Gasteiger partial charge in [0.25, 0.3) is 5.91 Å². The molecule has 3 aromatic carbocycles. The lowest BCUT2D eigenvalue weighted by molar-refractivity contribution is -0.113. The van der Waals surface area contributed by atoms with Gasteiger partial charge in [-0.05, 0) is 42.8 Å². The van der Waals surface area contributed by atoms with E-state index in [2.05, 4.69) is 50.9 Å². The minimum Gasteiger partial charge on any atom is -0.507 e. The van der Waals surface area contributed by atoms with E-state index in [0.717, 1.165) is 24.6 Å². The summed E-state index contributed by atoms with van der Waals surface area (Å²) in [6.07, 6.45) is 0. The molecule has 0 aliphatic carbocycles. The SMILES string of the molecule is Cc1cccc(CSc2nnc(NC(=O)CSc3nc4ccc(NC(=O)c5ccccc5O)cc4s3)s2)c1. The first-order valence-corrected chi connectivity index (χ1v) is 15.0. The molecule has 0 radical (unpaired) electrons. The molecule has 0 unspecified atom stereocenters. The monoisotopic (exact) mass is 579 g/mol. The van der Waals surface area contributed by atoms with Crippen molar-refractivity contribution in [1.29, 1.82) is 0 Å². The molecule has 0 aliphatic heterocycles. The molecule has 0 bridgehead atoms. The van der Waals surface area contributed by atoms with Crippen LogP contribution in [-0.4, -0.2) is 37.9 Å². The predicted molar refractivity (Wildman–Crippen MR) is 156 cm³/mol. The summed E-state index contributed by atoms with van der Waals surface area (Å²) in [4.78, 5) is 29.5. The summed E-state index contributed by atoms with van der Waals surface area (Å²) in [7, 11) is 0. The number of thioether (sulfide) groups is 2. The second-order valence-electron chi connectivity index (χ2n) is 8.12. The molecular weight excluding hydrogens is 559 g/mol. The maximum Gasteiger partial charge on any atom is 0.259 e. The number of aromatic nitrogens is 3. The van der Waals surface area contributed by atoms with Crippen molar-refractivity contribution >= 4 is 79.0 Å². The number of para-hydroxylation sites is 1. The maximum absolute atomic E-state index is 12.5. The summed E-state index contributed by atoms with van der Waals surface area (Å²) in [5.74, 6) is 0.314. The van der Waals surface area contributed by atoms with Gasteiger partial charge in [0.15, 0.2) is 8.68 Å². The first-order chi connectivity index (χ1) is 18.4. The van der Waals surface area contributed by atoms with Crippen molar-refractivity contribution < 1.29 is 14.7 Å². The second kappa shape index (κ2) is 11.9. The number of phenolic OH excluding ortho intramolecular Hbond substituents is 1. The Morgan fingerprint density at radius 3 is 2.63 bits per heavy atom. The van der Waals surface area contributed by atoms with Gasteiger partial charge in [-0.2, -0.15) is 0 Å². The van der Waals surface area contributed by atoms with Gasteiger partial charge in [0, 0.05) is 11.4 Å². The van der Waals surface area contributed by atoms with Gasteiger partial charge in [-0.15, -0.1) is 21.5 Å². The minimum atomic E-state index is -0.397. The third-order valence-corrected chi connectivity index (χ3v) is 9.40. The number of amides is 2. The van der Waals surface area contributed by atoms with E-state index in [9.17, 15) is 14.7 Å². The topological polar surface area (TPSA) is 117 Å². The normalized spacial score (nSPS) is 11.0. The summed E-state index contributed by atoms with van der Waals surface area (Å²) < 4.78 is 2.42. The Hall–Kier alpha value is -3.45. The molecule has 2 heterocycles. The van der Waals surface area contributed by atoms with Gasteiger partial charge < -0.3 is 10.4 Å². The van der Waals surface area contributed by atoms with Crippen LogP contribution in [0.25, 0.3) is 10.2 Å². The number of aromatic hydroxyl groups is 1. The van der Waals surface area contributed by atoms with Crippen LogP contribution in [0, 0.1) is 6.92 Å². The molecule has 2 aromatic heterocycles. The van der Waals surface area contributed by atoms with Gasteiger partial charge in [0.2, 0.25) is 11.0 Å². The lowest BCUT2D eigenvalue weighted by Gasteiger charge is -2.06. The van der Waals surface area contributed by atoms with Crippen LogP contribution >= 0.6 is 46.2 Å². The van der Waals surface area contributed by atoms with Crippen LogP contribution < -0.4 is 10.6 Å². The average Bonchev–Trinajstić information content (AvgIpc) is 3.52. The molecule has 12 heteroatoms. The third-order valence-electron chi connectivity index (χ3n) is 5.20. The van der Waals surface area contributed by atoms with Crippen molar-refractivity contribution in [1.82, 2.24) is 15.2 Å². The molecule has 0 atom stereocenters. The third kappa shape index (κ3) is 6.70. The zero-order chi connectivity index (χ0) is 26.5. The van der Waals surface area contributed by atoms with E-state index in [0.29, 0.717) is 10.8 Å². The van der Waals surface area contributed by atoms with Crippen LogP contribution in [-0.2, 0) is 10.5 Å². The molecule has 192 valence electrons. The van der Waals surface area contributed by atoms with Crippen molar-refractivity contribution in [3.05, 3.63) is 83.4 Å². The number of nitrogens with one attached hydrogen (secondary N) is 2. The Balaban J connectivity index is 1.13. The summed E-state index contributed by atoms with van der Waals surface area (Å²) in [5.41, 5.74) is 4.00. The van der Waals surface area contributed by atoms with E-state index in [-0.39, 0.29) is 23.0 Å². The first kappa shape index (κ1) is 26.2. The van der Waals surface area contributed by atoms with E-state index in [1.54, 1.807) is 36.0 Å². The molecule has 0 spiro atoms. The lowest BCUT2D eigenvalue weighted by Crippen LogP contribution is -2.13. The molecule has 0 aliphatic rings. The Labute approximate surface area is 234 Å². The van der Waals surface area contributed by atoms with E-state index < -0.39 is 5.91 Å². The summed E-state index contributed by atoms with van der Waals surface area (Å²) in [5, 5.41) is 24.2. The van der Waals surface area contributed by atoms with E-state index in [1.807, 2.05) is 18.2 Å². The molecular formula is C26H21N5O3S4. The van der Waals surface area contributed by atoms with E-state index in [1.165, 1.54) is 51.6 Å². The number of thiazole rings is 1. The Kier molecular flexibility index (Phi) is 8.23. The van der Waals surface area contributed by atoms with Crippen molar-refractivity contribution in [3.8, 4) is 5.75 Å². The Morgan fingerprint density at radius 2 is 1.79 bits per heavy atom. The largest absolute Gasteiger partial charge is 0.507 e. The highest BCUT2D eigenvalue weighted by atomic mass is 32.2. The Morgan fingerprint density at radius 1 is 0.921 bits per heavy atom. The highest BCUT2D eigenvalue weighted by Crippen LogP contribution is 2.32. The molecule has 5 aromatic rings. The molecule has 38 heavy (non-hydrogen) atoms. The second-order valence-corrected chi connectivity index (χ2v) is 12.6. The molecule has 0 saturated carbocycles. The number of nitrogens with zero attached hydrogens (tertiary/aromatic N) is 3. The van der Waals surface area contributed by atoms with Gasteiger partial charge in [-0.1, -0.05) is 76.8 Å². The van der Waals surface area contributed by atoms with Crippen molar-refractivity contribution in [2.24, 2.45) is 0 Å². The maximum atomic E-state index is 12.5. The molecule has 0 saturated heterocycles. The molecule has 8 nitrogen and oxygen atoms in total. The summed E-state index contributed by atoms with van der Waals surface area (Å²) >= 11 is 5.71. The fourth-order valence-electron chi connectivity index (χ4n) is 3.46. The van der Waals surface area contributed by atoms with Crippen LogP contribution in [0.5, 0.6) is 5.75 Å². The number of hydrogen-bond acceptors (Lipinski definition) is 10. The van der Waals surface area contributed by atoms with Crippen LogP contribution in [0.1, 0.15) is 21.5 Å². The molecule has 2 amide bonds. The average molecular weight is 580 g/mol. The van der Waals surface area contributed by atoms with Gasteiger partial charge in [-0.25, -0.2) is 4.98 Å². The fourth-order valence-corrected chi connectivity index (χ4v) is 7.07. The minimum absolute atomic E-state index is 0.0772. The van der Waals surface area contributed by atoms with Crippen LogP contribution in [0.2, 0.25) is 0 Å². The number of carbonyl (C=O) groups excluding carboxylic acids is 2. The van der Waals surface area contributed by atoms with Crippen molar-refractivity contribution in [3.63, 3.8) is 0 Å². The number of rotatable bonds is 9. The van der Waals surface area contributed by atoms with Crippen LogP contribution in [0.4, 0.5) is 10.8 Å². The van der Waals surface area contributed by atoms with Gasteiger partial charge in [0.05, 0.1) is 21.5 Å². The summed E-state index contributed by atoms with van der Waals surface area (Å²) in [6.45, 7) is 2.07. The van der Waals surface area contributed by atoms with E-state index in [4.69, 9.17) is 0 Å². The lowest BCUT2D eigenvalue weighted by atomic mass is 10.2. The predicted octanol–water partition coefficient (Wildman–Crippen LogP) is 6.44. The van der Waals surface area contributed by atoms with Crippen molar-refractivity contribution in [2.45, 2.75) is 21.4 Å². The highest BCUT2D eigenvalue weighted by Gasteiger charge is 2.14. The zero-order valence-electron chi connectivity index (χ0n) is 20.0. The number of fused-ring (bicyclic) bond motifs is 1. The number of anilines is 2. The molecule has 0 fully saturated rings. The number of hydrogen-bond donors (Lipinski definition) is 3. The molecule has 5 rings (SSSR count). The number of benzene rings is 3. The Bertz CT molecular complexity index is 1620. The standard InChI is InChI=1S/C26H21N5O3S4/c1-15-5-4-6-16(11-15)13-35-26-31-30-24(38-26)29-22(33)14-36-25-28-19-10-9-17(12-21(19)37-25)27-23(34)18-7-2-3-8-20(18)32/h2-12,32H,13-14H2,1H3,(H,27,34)(H,29,30,33). The van der Waals surface area contributed by atoms with Crippen LogP contribution in [0.15, 0.2) is 75.4 Å². The van der Waals surface area contributed by atoms with Gasteiger partial charge >= 0.3 is 0 Å². The quantitative estimate of drug-likeness (QED) is 0.135. The fraction of sp³-hybridized carbons (Fsp3) is 0.115. The highest BCUT2D eigenvalue weighted by molar-refractivity contribution is 8.01. The number of carbonyl (C=O) groups is 2. The number of aryl methyl sites for hydroxylation is 1. The van der Waals surface area contributed by atoms with Crippen molar-refractivity contribution in [2.75, 3.05) is 16.4 Å². The first-order valence-electron chi connectivity index (χ1n) is 11.4.